The second-order valence-electron chi connectivity index (χ2n) is 29.3. The Balaban J connectivity index is 0.0000000940. The Hall–Kier alpha value is -7.52. The summed E-state index contributed by atoms with van der Waals surface area (Å²) in [5.74, 6) is 11.9. The van der Waals surface area contributed by atoms with E-state index < -0.39 is 0 Å². The van der Waals surface area contributed by atoms with Gasteiger partial charge in [0.15, 0.2) is 23.3 Å². The lowest BCUT2D eigenvalue weighted by atomic mass is 9.94. The van der Waals surface area contributed by atoms with E-state index in [1.807, 2.05) is 27.7 Å². The molecule has 0 bridgehead atoms. The first-order chi connectivity index (χ1) is 44.9. The maximum Gasteiger partial charge on any atom is 0.152 e. The molecule has 4 aliphatic carbocycles. The van der Waals surface area contributed by atoms with E-state index in [0.29, 0.717) is 21.7 Å². The van der Waals surface area contributed by atoms with Crippen LogP contribution in [0.4, 0.5) is 22.7 Å². The number of benzene rings is 4. The molecule has 12 aliphatic rings. The van der Waals surface area contributed by atoms with Crippen molar-refractivity contribution in [1.29, 1.82) is 0 Å². The highest BCUT2D eigenvalue weighted by Crippen LogP contribution is 2.61. The largest absolute Gasteiger partial charge is 0.362 e. The average Bonchev–Trinajstić information content (AvgIpc) is 1.61. The number of likely N-dealkylation sites (N-methyl/N-ethyl adjacent to an activating group) is 2. The number of anilines is 4. The molecular formula is C72H92N20. The van der Waals surface area contributed by atoms with Crippen molar-refractivity contribution in [2.24, 2.45) is 23.7 Å². The van der Waals surface area contributed by atoms with Crippen LogP contribution in [0.3, 0.4) is 0 Å². The third kappa shape index (κ3) is 10.1. The molecule has 0 radical (unpaired) electrons. The molecule has 0 spiro atoms. The lowest BCUT2D eigenvalue weighted by Gasteiger charge is -2.30. The third-order valence-electron chi connectivity index (χ3n) is 24.4. The van der Waals surface area contributed by atoms with E-state index in [4.69, 9.17) is 0 Å². The highest BCUT2D eigenvalue weighted by Gasteiger charge is 2.62. The second kappa shape index (κ2) is 22.6. The van der Waals surface area contributed by atoms with E-state index in [1.54, 1.807) is 11.1 Å². The van der Waals surface area contributed by atoms with Crippen molar-refractivity contribution in [3.05, 3.63) is 166 Å². The number of aromatic nitrogens is 12. The molecule has 480 valence electrons. The topological polar surface area (TPSA) is 166 Å². The van der Waals surface area contributed by atoms with Crippen molar-refractivity contribution in [3.63, 3.8) is 0 Å². The maximum atomic E-state index is 4.31. The van der Waals surface area contributed by atoms with Crippen LogP contribution in [0, 0.1) is 51.4 Å². The van der Waals surface area contributed by atoms with Crippen LogP contribution < -0.4 is 30.2 Å². The molecule has 8 aromatic rings. The summed E-state index contributed by atoms with van der Waals surface area (Å²) in [5.41, 5.74) is 13.2. The summed E-state index contributed by atoms with van der Waals surface area (Å²) < 4.78 is 8.92. The predicted molar refractivity (Wildman–Crippen MR) is 358 cm³/mol. The quantitative estimate of drug-likeness (QED) is 0.140. The van der Waals surface area contributed by atoms with Gasteiger partial charge in [0.25, 0.3) is 0 Å². The average molecular weight is 1240 g/mol. The van der Waals surface area contributed by atoms with Gasteiger partial charge in [-0.1, -0.05) is 62.4 Å². The van der Waals surface area contributed by atoms with Crippen LogP contribution in [0.5, 0.6) is 0 Å². The number of nitrogens with one attached hydrogen (secondary N) is 2. The van der Waals surface area contributed by atoms with Gasteiger partial charge in [-0.15, -0.1) is 40.8 Å². The molecule has 4 aromatic carbocycles. The van der Waals surface area contributed by atoms with E-state index >= 15 is 0 Å². The van der Waals surface area contributed by atoms with Crippen LogP contribution in [0.2, 0.25) is 0 Å². The van der Waals surface area contributed by atoms with Crippen LogP contribution in [-0.2, 0) is 74.0 Å². The zero-order valence-electron chi connectivity index (χ0n) is 55.0. The molecular weight excluding hydrogens is 1140 g/mol. The Kier molecular flexibility index (Phi) is 14.3. The minimum absolute atomic E-state index is 0.456. The molecule has 20 heteroatoms. The normalized spacial score (nSPS) is 29.0. The van der Waals surface area contributed by atoms with E-state index in [2.05, 4.69) is 210 Å². The molecule has 92 heavy (non-hydrogen) atoms. The Morgan fingerprint density at radius 1 is 0.348 bits per heavy atom. The standard InChI is InChI=1S/2C19H25N5.2C17H21N5/c2*1-3-22-11-16-10-19(16,13-22)15-4-6-17(7-5-15)23-8-9-24-14(2)20-21-18(24)12-23;2*1-12-19-20-16-10-21(6-7-22(12)16)15-4-2-13(3-5-15)17-8-14(17)9-18-11-17/h2*4-7,16H,3,8-13H2,1-2H3;2*2-5,14,18H,6-11H2,1H3. The number of aryl methyl sites for hydroxylation is 4. The second-order valence-corrected chi connectivity index (χ2v) is 29.3. The number of rotatable bonds is 10. The number of hydrogen-bond acceptors (Lipinski definition) is 16. The number of piperidine rings is 4. The van der Waals surface area contributed by atoms with Crippen LogP contribution in [0.15, 0.2) is 97.1 Å². The van der Waals surface area contributed by atoms with Crippen LogP contribution in [-0.4, -0.2) is 160 Å². The van der Waals surface area contributed by atoms with Gasteiger partial charge in [-0.3, -0.25) is 0 Å². The van der Waals surface area contributed by atoms with Gasteiger partial charge in [0, 0.05) is 136 Å². The fourth-order valence-electron chi connectivity index (χ4n) is 18.2. The molecule has 8 atom stereocenters. The zero-order valence-corrected chi connectivity index (χ0v) is 55.0. The van der Waals surface area contributed by atoms with Crippen molar-refractivity contribution in [2.75, 3.05) is 111 Å². The number of fused-ring (bicyclic) bond motifs is 8. The summed E-state index contributed by atoms with van der Waals surface area (Å²) >= 11 is 0. The molecule has 20 nitrogen and oxygen atoms in total. The lowest BCUT2D eigenvalue weighted by Crippen LogP contribution is -2.34. The Morgan fingerprint density at radius 3 is 0.859 bits per heavy atom. The Bertz CT molecular complexity index is 3740. The van der Waals surface area contributed by atoms with Crippen molar-refractivity contribution < 1.29 is 0 Å². The molecule has 0 amide bonds. The van der Waals surface area contributed by atoms with Crippen molar-refractivity contribution in [1.82, 2.24) is 79.5 Å². The minimum atomic E-state index is 0.456. The number of nitrogens with zero attached hydrogens (tertiary/aromatic N) is 18. The monoisotopic (exact) mass is 1240 g/mol. The third-order valence-corrected chi connectivity index (χ3v) is 24.4. The molecule has 12 heterocycles. The molecule has 4 saturated carbocycles. The van der Waals surface area contributed by atoms with Gasteiger partial charge in [0.1, 0.15) is 23.3 Å². The predicted octanol–water partition coefficient (Wildman–Crippen LogP) is 7.34. The van der Waals surface area contributed by atoms with Gasteiger partial charge in [-0.2, -0.15) is 0 Å². The van der Waals surface area contributed by atoms with Gasteiger partial charge in [-0.25, -0.2) is 0 Å². The van der Waals surface area contributed by atoms with E-state index in [0.717, 1.165) is 162 Å². The highest BCUT2D eigenvalue weighted by atomic mass is 15.4. The summed E-state index contributed by atoms with van der Waals surface area (Å²) in [6.07, 6.45) is 5.50. The molecule has 4 aromatic heterocycles. The smallest absolute Gasteiger partial charge is 0.152 e. The molecule has 20 rings (SSSR count). The molecule has 8 fully saturated rings. The van der Waals surface area contributed by atoms with Crippen molar-refractivity contribution in [3.8, 4) is 0 Å². The van der Waals surface area contributed by atoms with E-state index in [9.17, 15) is 0 Å². The lowest BCUT2D eigenvalue weighted by molar-refractivity contribution is 0.314. The summed E-state index contributed by atoms with van der Waals surface area (Å²) in [7, 11) is 0. The molecule has 8 unspecified atom stereocenters. The minimum Gasteiger partial charge on any atom is -0.362 e. The zero-order chi connectivity index (χ0) is 62.1. The van der Waals surface area contributed by atoms with Crippen molar-refractivity contribution >= 4 is 22.7 Å². The van der Waals surface area contributed by atoms with Crippen molar-refractivity contribution in [2.45, 2.75) is 141 Å². The van der Waals surface area contributed by atoms with Gasteiger partial charge in [0.05, 0.1) is 26.2 Å². The van der Waals surface area contributed by atoms with Crippen LogP contribution >= 0.6 is 0 Å². The van der Waals surface area contributed by atoms with Gasteiger partial charge in [-0.05, 0) is 174 Å². The van der Waals surface area contributed by atoms with Gasteiger partial charge in [0.2, 0.25) is 0 Å². The van der Waals surface area contributed by atoms with Gasteiger partial charge < -0.3 is 58.3 Å². The fourth-order valence-corrected chi connectivity index (χ4v) is 18.2. The summed E-state index contributed by atoms with van der Waals surface area (Å²) in [4.78, 5) is 14.8. The fraction of sp³-hybridized carbons (Fsp3) is 0.556. The number of hydrogen-bond donors (Lipinski definition) is 2. The summed E-state index contributed by atoms with van der Waals surface area (Å²) in [6, 6.07) is 37.3. The molecule has 8 aliphatic heterocycles. The van der Waals surface area contributed by atoms with E-state index in [1.165, 1.54) is 112 Å². The maximum absolute atomic E-state index is 4.31. The summed E-state index contributed by atoms with van der Waals surface area (Å²) in [6.45, 7) is 36.3. The van der Waals surface area contributed by atoms with Crippen LogP contribution in [0.1, 0.15) is 108 Å². The first kappa shape index (κ1) is 58.3. The highest BCUT2D eigenvalue weighted by molar-refractivity contribution is 5.55. The molecule has 2 N–H and O–H groups in total. The first-order valence-electron chi connectivity index (χ1n) is 34.7. The van der Waals surface area contributed by atoms with Gasteiger partial charge >= 0.3 is 0 Å². The first-order valence-corrected chi connectivity index (χ1v) is 34.7. The van der Waals surface area contributed by atoms with E-state index in [-0.39, 0.29) is 0 Å². The Morgan fingerprint density at radius 2 is 0.620 bits per heavy atom. The SMILES string of the molecule is CCN1CC2CC2(c2ccc(N3CCn4c(C)nnc4C3)cc2)C1.CCN1CC2CC2(c2ccc(N3CCn4c(C)nnc4C3)cc2)C1.Cc1nnc2n1CCN(c1ccc(C34CNCC3C4)cc1)C2.Cc1nnc2n1CCN(c1ccc(C34CNCC3C4)cc1)C2. The Labute approximate surface area is 541 Å². The summed E-state index contributed by atoms with van der Waals surface area (Å²) in [5, 5.41) is 41.0. The number of likely N-dealkylation sites (tertiary alicyclic amines) is 2. The molecule has 4 saturated heterocycles. The van der Waals surface area contributed by atoms with Crippen LogP contribution in [0.25, 0.3) is 0 Å².